The van der Waals surface area contributed by atoms with Crippen LogP contribution in [0.1, 0.15) is 22.8 Å². The average molecular weight is 417 g/mol. The first-order chi connectivity index (χ1) is 13.9. The summed E-state index contributed by atoms with van der Waals surface area (Å²) in [7, 11) is 0. The number of anilines is 1. The van der Waals surface area contributed by atoms with Crippen molar-refractivity contribution < 1.29 is 23.5 Å². The van der Waals surface area contributed by atoms with Crippen LogP contribution in [-0.4, -0.2) is 18.6 Å². The number of nitrogens with one attached hydrogen (secondary N) is 1. The van der Waals surface area contributed by atoms with E-state index in [1.54, 1.807) is 25.1 Å². The molecule has 0 aliphatic rings. The summed E-state index contributed by atoms with van der Waals surface area (Å²) in [5.41, 5.74) is 6.10. The highest BCUT2D eigenvalue weighted by atomic mass is 35.5. The van der Waals surface area contributed by atoms with E-state index in [1.165, 1.54) is 24.3 Å². The van der Waals surface area contributed by atoms with Crippen molar-refractivity contribution in [2.75, 3.05) is 11.9 Å². The van der Waals surface area contributed by atoms with Gasteiger partial charge < -0.3 is 19.6 Å². The van der Waals surface area contributed by atoms with Gasteiger partial charge in [0, 0.05) is 33.8 Å². The predicted octanol–water partition coefficient (Wildman–Crippen LogP) is 3.69. The number of carbonyl (C=O) groups is 2. The maximum atomic E-state index is 11.9. The van der Waals surface area contributed by atoms with E-state index in [1.807, 2.05) is 0 Å². The van der Waals surface area contributed by atoms with E-state index >= 15 is 0 Å². The molecule has 1 heterocycles. The molecule has 3 aromatic rings. The normalized spacial score (nSPS) is 10.6. The second kappa shape index (κ2) is 8.66. The Hall–Kier alpha value is -3.52. The minimum Gasteiger partial charge on any atom is -0.488 e. The topological polar surface area (TPSA) is 121 Å². The molecule has 0 aliphatic heterocycles. The first-order valence-corrected chi connectivity index (χ1v) is 8.98. The lowest BCUT2D eigenvalue weighted by Gasteiger charge is -2.12. The van der Waals surface area contributed by atoms with Crippen molar-refractivity contribution in [3.05, 3.63) is 69.0 Å². The summed E-state index contributed by atoms with van der Waals surface area (Å²) in [6, 6.07) is 10.6. The second-order valence-electron chi connectivity index (χ2n) is 5.94. The van der Waals surface area contributed by atoms with Gasteiger partial charge >= 0.3 is 11.7 Å². The Morgan fingerprint density at radius 1 is 1.17 bits per heavy atom. The number of benzene rings is 2. The molecular formula is C20H17ClN2O6. The third kappa shape index (κ3) is 4.85. The van der Waals surface area contributed by atoms with Crippen molar-refractivity contribution in [3.8, 4) is 5.75 Å². The molecule has 0 saturated carbocycles. The highest BCUT2D eigenvalue weighted by molar-refractivity contribution is 6.31. The number of hydrogen-bond donors (Lipinski definition) is 2. The van der Waals surface area contributed by atoms with Gasteiger partial charge in [0.05, 0.1) is 12.2 Å². The lowest BCUT2D eigenvalue weighted by molar-refractivity contribution is 0.0996. The predicted molar refractivity (Wildman–Crippen MR) is 107 cm³/mol. The van der Waals surface area contributed by atoms with Crippen LogP contribution in [0.5, 0.6) is 5.75 Å². The van der Waals surface area contributed by atoms with Gasteiger partial charge in [-0.1, -0.05) is 11.6 Å². The summed E-state index contributed by atoms with van der Waals surface area (Å²) in [4.78, 5) is 35.1. The van der Waals surface area contributed by atoms with Crippen molar-refractivity contribution in [1.29, 1.82) is 0 Å². The highest BCUT2D eigenvalue weighted by Gasteiger charge is 2.13. The number of ether oxygens (including phenoxy) is 2. The van der Waals surface area contributed by atoms with Crippen molar-refractivity contribution >= 4 is 40.3 Å². The Labute approximate surface area is 170 Å². The van der Waals surface area contributed by atoms with E-state index < -0.39 is 17.6 Å². The number of primary amides is 1. The van der Waals surface area contributed by atoms with E-state index in [-0.39, 0.29) is 30.1 Å². The van der Waals surface area contributed by atoms with Crippen LogP contribution in [0.4, 0.5) is 10.5 Å². The van der Waals surface area contributed by atoms with Crippen LogP contribution in [0.3, 0.4) is 0 Å². The van der Waals surface area contributed by atoms with Crippen LogP contribution >= 0.6 is 11.6 Å². The molecule has 0 fully saturated rings. The molecule has 8 nitrogen and oxygen atoms in total. The summed E-state index contributed by atoms with van der Waals surface area (Å²) in [5, 5.41) is 3.49. The molecule has 2 aromatic carbocycles. The summed E-state index contributed by atoms with van der Waals surface area (Å²) in [5.74, 6) is -0.446. The molecule has 3 rings (SSSR count). The first kappa shape index (κ1) is 20.2. The van der Waals surface area contributed by atoms with E-state index in [9.17, 15) is 14.4 Å². The SMILES string of the molecule is CCOC(=O)Nc1ccc2c(COc3ccc(Cl)cc3C(N)=O)cc(=O)oc2c1. The number of halogens is 1. The molecule has 0 bridgehead atoms. The third-order valence-corrected chi connectivity index (χ3v) is 4.18. The maximum Gasteiger partial charge on any atom is 0.411 e. The molecule has 0 spiro atoms. The number of amides is 2. The Morgan fingerprint density at radius 2 is 1.97 bits per heavy atom. The van der Waals surface area contributed by atoms with Gasteiger partial charge in [0.1, 0.15) is 17.9 Å². The number of carbonyl (C=O) groups excluding carboxylic acids is 2. The lowest BCUT2D eigenvalue weighted by Crippen LogP contribution is -2.14. The molecule has 0 saturated heterocycles. The molecule has 9 heteroatoms. The van der Waals surface area contributed by atoms with Gasteiger partial charge in [0.25, 0.3) is 5.91 Å². The summed E-state index contributed by atoms with van der Waals surface area (Å²) < 4.78 is 15.7. The summed E-state index contributed by atoms with van der Waals surface area (Å²) >= 11 is 5.89. The summed E-state index contributed by atoms with van der Waals surface area (Å²) in [6.07, 6.45) is -0.615. The van der Waals surface area contributed by atoms with Gasteiger partial charge in [-0.3, -0.25) is 10.1 Å². The monoisotopic (exact) mass is 416 g/mol. The first-order valence-electron chi connectivity index (χ1n) is 8.60. The number of hydrogen-bond acceptors (Lipinski definition) is 6. The van der Waals surface area contributed by atoms with E-state index in [0.717, 1.165) is 0 Å². The zero-order chi connectivity index (χ0) is 21.0. The lowest BCUT2D eigenvalue weighted by atomic mass is 10.1. The minimum atomic E-state index is -0.686. The van der Waals surface area contributed by atoms with Gasteiger partial charge in [-0.05, 0) is 37.3 Å². The Bertz CT molecular complexity index is 1140. The van der Waals surface area contributed by atoms with E-state index in [0.29, 0.717) is 21.7 Å². The highest BCUT2D eigenvalue weighted by Crippen LogP contribution is 2.26. The van der Waals surface area contributed by atoms with Crippen molar-refractivity contribution in [1.82, 2.24) is 0 Å². The molecule has 0 aliphatic carbocycles. The number of rotatable bonds is 6. The molecule has 3 N–H and O–H groups in total. The zero-order valence-electron chi connectivity index (χ0n) is 15.4. The molecule has 29 heavy (non-hydrogen) atoms. The van der Waals surface area contributed by atoms with Crippen LogP contribution in [0.2, 0.25) is 5.02 Å². The molecular weight excluding hydrogens is 400 g/mol. The number of nitrogens with two attached hydrogens (primary N) is 1. The second-order valence-corrected chi connectivity index (χ2v) is 6.38. The summed E-state index contributed by atoms with van der Waals surface area (Å²) in [6.45, 7) is 1.90. The fraction of sp³-hybridized carbons (Fsp3) is 0.150. The van der Waals surface area contributed by atoms with Crippen molar-refractivity contribution in [3.63, 3.8) is 0 Å². The molecule has 0 atom stereocenters. The quantitative estimate of drug-likeness (QED) is 0.591. The van der Waals surface area contributed by atoms with Crippen molar-refractivity contribution in [2.45, 2.75) is 13.5 Å². The standard InChI is InChI=1S/C20H17ClN2O6/c1-2-27-20(26)23-13-4-5-14-11(7-18(24)29-17(14)9-13)10-28-16-6-3-12(21)8-15(16)19(22)25/h3-9H,2,10H2,1H3,(H2,22,25)(H,23,26). The van der Waals surface area contributed by atoms with Gasteiger partial charge in [-0.2, -0.15) is 0 Å². The largest absolute Gasteiger partial charge is 0.488 e. The van der Waals surface area contributed by atoms with Crippen LogP contribution in [0.15, 0.2) is 51.7 Å². The van der Waals surface area contributed by atoms with Crippen LogP contribution < -0.4 is 21.4 Å². The van der Waals surface area contributed by atoms with Crippen LogP contribution in [0, 0.1) is 0 Å². The van der Waals surface area contributed by atoms with E-state index in [4.69, 9.17) is 31.2 Å². The molecule has 2 amide bonds. The van der Waals surface area contributed by atoms with Gasteiger partial charge in [0.2, 0.25) is 0 Å². The average Bonchev–Trinajstić information content (AvgIpc) is 2.66. The van der Waals surface area contributed by atoms with Gasteiger partial charge in [-0.15, -0.1) is 0 Å². The van der Waals surface area contributed by atoms with Gasteiger partial charge in [0.15, 0.2) is 0 Å². The smallest absolute Gasteiger partial charge is 0.411 e. The zero-order valence-corrected chi connectivity index (χ0v) is 16.1. The Balaban J connectivity index is 1.89. The molecule has 0 unspecified atom stereocenters. The van der Waals surface area contributed by atoms with E-state index in [2.05, 4.69) is 5.32 Å². The van der Waals surface area contributed by atoms with Crippen LogP contribution in [-0.2, 0) is 11.3 Å². The fourth-order valence-corrected chi connectivity index (χ4v) is 2.86. The minimum absolute atomic E-state index is 0.0192. The molecule has 150 valence electrons. The Morgan fingerprint density at radius 3 is 2.69 bits per heavy atom. The van der Waals surface area contributed by atoms with Crippen molar-refractivity contribution in [2.24, 2.45) is 5.73 Å². The fourth-order valence-electron chi connectivity index (χ4n) is 2.69. The third-order valence-electron chi connectivity index (χ3n) is 3.94. The van der Waals surface area contributed by atoms with Crippen LogP contribution in [0.25, 0.3) is 11.0 Å². The number of fused-ring (bicyclic) bond motifs is 1. The maximum absolute atomic E-state index is 11.9. The molecule has 1 aromatic heterocycles. The molecule has 0 radical (unpaired) electrons. The Kier molecular flexibility index (Phi) is 6.04. The van der Waals surface area contributed by atoms with Gasteiger partial charge in [-0.25, -0.2) is 9.59 Å².